The van der Waals surface area contributed by atoms with Gasteiger partial charge in [-0.1, -0.05) is 25.4 Å². The van der Waals surface area contributed by atoms with Crippen molar-refractivity contribution in [1.29, 1.82) is 0 Å². The number of ketones is 1. The molecular weight excluding hydrogens is 274 g/mol. The van der Waals surface area contributed by atoms with E-state index in [1.807, 2.05) is 19.9 Å². The van der Waals surface area contributed by atoms with Crippen molar-refractivity contribution in [2.75, 3.05) is 0 Å². The molecule has 0 bridgehead atoms. The van der Waals surface area contributed by atoms with Crippen LogP contribution in [0.2, 0.25) is 5.02 Å². The fourth-order valence-electron chi connectivity index (χ4n) is 2.81. The molecule has 0 unspecified atom stereocenters. The second-order valence-corrected chi connectivity index (χ2v) is 6.04. The first kappa shape index (κ1) is 13.1. The van der Waals surface area contributed by atoms with E-state index in [1.165, 1.54) is 6.08 Å². The molecule has 4 heteroatoms. The van der Waals surface area contributed by atoms with Crippen LogP contribution in [0.25, 0.3) is 0 Å². The molecule has 1 aliphatic heterocycles. The molecule has 0 spiro atoms. The van der Waals surface area contributed by atoms with Gasteiger partial charge >= 0.3 is 0 Å². The molecule has 0 radical (unpaired) electrons. The summed E-state index contributed by atoms with van der Waals surface area (Å²) < 4.78 is 0. The van der Waals surface area contributed by atoms with E-state index in [4.69, 9.17) is 11.6 Å². The maximum Gasteiger partial charge on any atom is 0.179 e. The molecule has 1 heterocycles. The largest absolute Gasteiger partial charge is 0.506 e. The zero-order valence-corrected chi connectivity index (χ0v) is 12.2. The summed E-state index contributed by atoms with van der Waals surface area (Å²) in [5.41, 5.74) is 3.35. The van der Waals surface area contributed by atoms with E-state index in [1.54, 1.807) is 19.1 Å². The number of halogens is 1. The molecule has 20 heavy (non-hydrogen) atoms. The van der Waals surface area contributed by atoms with E-state index < -0.39 is 5.41 Å². The molecule has 2 aliphatic rings. The number of carbonyl (C=O) groups excluding carboxylic acids is 1. The standard InChI is InChI=1S/C16H14ClNO2/c1-8-6-12-13(14(17)15(8)20)16(2,3)10-7-9(19)4-5-11(10)18-12/h4-7,20H,1-3H3. The number of carbonyl (C=O) groups is 1. The van der Waals surface area contributed by atoms with Crippen LogP contribution in [0.1, 0.15) is 25.0 Å². The van der Waals surface area contributed by atoms with Gasteiger partial charge in [-0.25, -0.2) is 4.99 Å². The Labute approximate surface area is 122 Å². The van der Waals surface area contributed by atoms with E-state index in [2.05, 4.69) is 4.99 Å². The number of aromatic hydroxyl groups is 1. The van der Waals surface area contributed by atoms with Gasteiger partial charge in [0.25, 0.3) is 0 Å². The molecule has 3 rings (SSSR count). The van der Waals surface area contributed by atoms with Gasteiger partial charge in [-0.2, -0.15) is 0 Å². The lowest BCUT2D eigenvalue weighted by molar-refractivity contribution is -0.110. The molecule has 1 aromatic carbocycles. The van der Waals surface area contributed by atoms with E-state index in [-0.39, 0.29) is 11.5 Å². The van der Waals surface area contributed by atoms with Crippen LogP contribution in [0.3, 0.4) is 0 Å². The number of phenolic OH excluding ortho intramolecular Hbond substituents is 1. The monoisotopic (exact) mass is 287 g/mol. The van der Waals surface area contributed by atoms with Gasteiger partial charge in [0, 0.05) is 11.0 Å². The van der Waals surface area contributed by atoms with Crippen molar-refractivity contribution < 1.29 is 9.90 Å². The van der Waals surface area contributed by atoms with Crippen LogP contribution in [0.5, 0.6) is 5.75 Å². The van der Waals surface area contributed by atoms with Crippen molar-refractivity contribution in [2.45, 2.75) is 26.2 Å². The van der Waals surface area contributed by atoms with Gasteiger partial charge in [-0.3, -0.25) is 4.79 Å². The maximum absolute atomic E-state index is 11.6. The molecule has 102 valence electrons. The lowest BCUT2D eigenvalue weighted by Crippen LogP contribution is -2.31. The summed E-state index contributed by atoms with van der Waals surface area (Å²) >= 11 is 6.32. The van der Waals surface area contributed by atoms with E-state index in [9.17, 15) is 9.90 Å². The molecule has 1 aromatic rings. The molecule has 0 saturated heterocycles. The van der Waals surface area contributed by atoms with Crippen LogP contribution in [-0.2, 0) is 10.2 Å². The summed E-state index contributed by atoms with van der Waals surface area (Å²) in [6, 6.07) is 1.83. The second kappa shape index (κ2) is 4.06. The lowest BCUT2D eigenvalue weighted by Gasteiger charge is -2.35. The quantitative estimate of drug-likeness (QED) is 0.738. The van der Waals surface area contributed by atoms with Crippen LogP contribution < -0.4 is 0 Å². The third kappa shape index (κ3) is 1.66. The lowest BCUT2D eigenvalue weighted by atomic mass is 9.71. The van der Waals surface area contributed by atoms with Crippen molar-refractivity contribution in [3.05, 3.63) is 46.0 Å². The summed E-state index contributed by atoms with van der Waals surface area (Å²) in [4.78, 5) is 16.2. The van der Waals surface area contributed by atoms with Gasteiger partial charge in [-0.05, 0) is 42.4 Å². The molecule has 0 saturated carbocycles. The SMILES string of the molecule is Cc1cc2c(c(Cl)c1O)C(C)(C)C1=CC(=O)C=CC1=N2. The molecule has 1 aliphatic carbocycles. The Kier molecular flexibility index (Phi) is 2.67. The zero-order valence-electron chi connectivity index (χ0n) is 11.5. The Morgan fingerprint density at radius 3 is 2.70 bits per heavy atom. The minimum atomic E-state index is -0.477. The Bertz CT molecular complexity index is 739. The molecule has 0 fully saturated rings. The smallest absolute Gasteiger partial charge is 0.179 e. The van der Waals surface area contributed by atoms with Crippen LogP contribution in [-0.4, -0.2) is 16.6 Å². The molecule has 1 N–H and O–H groups in total. The first-order valence-corrected chi connectivity index (χ1v) is 6.76. The normalized spacial score (nSPS) is 19.1. The van der Waals surface area contributed by atoms with Gasteiger partial charge < -0.3 is 5.11 Å². The average molecular weight is 288 g/mol. The van der Waals surface area contributed by atoms with Gasteiger partial charge in [0.1, 0.15) is 5.75 Å². The van der Waals surface area contributed by atoms with E-state index in [0.29, 0.717) is 10.6 Å². The predicted octanol–water partition coefficient (Wildman–Crippen LogP) is 3.78. The van der Waals surface area contributed by atoms with Crippen LogP contribution >= 0.6 is 11.6 Å². The first-order chi connectivity index (χ1) is 9.32. The summed E-state index contributed by atoms with van der Waals surface area (Å²) in [6.07, 6.45) is 4.84. The van der Waals surface area contributed by atoms with E-state index >= 15 is 0 Å². The maximum atomic E-state index is 11.6. The third-order valence-electron chi connectivity index (χ3n) is 3.92. The van der Waals surface area contributed by atoms with Gasteiger partial charge in [0.05, 0.1) is 16.4 Å². The number of allylic oxidation sites excluding steroid dienone is 4. The van der Waals surface area contributed by atoms with Crippen molar-refractivity contribution in [3.63, 3.8) is 0 Å². The number of benzene rings is 1. The minimum absolute atomic E-state index is 0.0528. The fourth-order valence-corrected chi connectivity index (χ4v) is 3.29. The summed E-state index contributed by atoms with van der Waals surface area (Å²) in [5, 5.41) is 10.4. The predicted molar refractivity (Wildman–Crippen MR) is 80.2 cm³/mol. The Morgan fingerprint density at radius 2 is 2.00 bits per heavy atom. The van der Waals surface area contributed by atoms with Crippen molar-refractivity contribution in [2.24, 2.45) is 4.99 Å². The molecule has 0 atom stereocenters. The highest BCUT2D eigenvalue weighted by Gasteiger charge is 2.38. The highest BCUT2D eigenvalue weighted by molar-refractivity contribution is 6.34. The number of aryl methyl sites for hydroxylation is 1. The Hall–Kier alpha value is -1.87. The molecule has 0 aromatic heterocycles. The summed E-state index contributed by atoms with van der Waals surface area (Å²) in [6.45, 7) is 5.76. The molecule has 3 nitrogen and oxygen atoms in total. The number of rotatable bonds is 0. The number of aliphatic imine (C=N–C) groups is 1. The van der Waals surface area contributed by atoms with Crippen molar-refractivity contribution in [3.8, 4) is 5.75 Å². The van der Waals surface area contributed by atoms with E-state index in [0.717, 1.165) is 22.5 Å². The fraction of sp³-hybridized carbons (Fsp3) is 0.250. The Balaban J connectivity index is 2.38. The molecule has 0 amide bonds. The number of nitrogens with zero attached hydrogens (tertiary/aromatic N) is 1. The van der Waals surface area contributed by atoms with Crippen LogP contribution in [0.15, 0.2) is 34.9 Å². The Morgan fingerprint density at radius 1 is 1.30 bits per heavy atom. The van der Waals surface area contributed by atoms with Crippen LogP contribution in [0, 0.1) is 6.92 Å². The summed E-state index contributed by atoms with van der Waals surface area (Å²) in [7, 11) is 0. The summed E-state index contributed by atoms with van der Waals surface area (Å²) in [5.74, 6) is 0.0263. The highest BCUT2D eigenvalue weighted by atomic mass is 35.5. The number of phenols is 1. The molecular formula is C16H14ClNO2. The average Bonchev–Trinajstić information content (AvgIpc) is 2.37. The first-order valence-electron chi connectivity index (χ1n) is 6.38. The zero-order chi connectivity index (χ0) is 14.7. The van der Waals surface area contributed by atoms with Crippen molar-refractivity contribution >= 4 is 28.8 Å². The number of hydrogen-bond donors (Lipinski definition) is 1. The second-order valence-electron chi connectivity index (χ2n) is 5.67. The number of hydrogen-bond acceptors (Lipinski definition) is 3. The minimum Gasteiger partial charge on any atom is -0.506 e. The third-order valence-corrected chi connectivity index (χ3v) is 4.29. The van der Waals surface area contributed by atoms with Gasteiger partial charge in [-0.15, -0.1) is 0 Å². The van der Waals surface area contributed by atoms with Crippen molar-refractivity contribution in [1.82, 2.24) is 0 Å². The highest BCUT2D eigenvalue weighted by Crippen LogP contribution is 2.50. The topological polar surface area (TPSA) is 49.7 Å². The number of fused-ring (bicyclic) bond motifs is 2. The van der Waals surface area contributed by atoms with Gasteiger partial charge in [0.2, 0.25) is 0 Å². The van der Waals surface area contributed by atoms with Crippen LogP contribution in [0.4, 0.5) is 5.69 Å². The van der Waals surface area contributed by atoms with Gasteiger partial charge in [0.15, 0.2) is 5.78 Å².